The number of ether oxygens (including phenoxy) is 1. The van der Waals surface area contributed by atoms with Gasteiger partial charge in [-0.05, 0) is 36.6 Å². The topological polar surface area (TPSA) is 61.3 Å². The smallest absolute Gasteiger partial charge is 0.230 e. The summed E-state index contributed by atoms with van der Waals surface area (Å²) in [6.07, 6.45) is 1.87. The Hall–Kier alpha value is -1.97. The molecule has 0 amide bonds. The molecule has 0 aliphatic heterocycles. The average molecular weight is 246 g/mol. The second-order valence-corrected chi connectivity index (χ2v) is 4.30. The monoisotopic (exact) mass is 246 g/mol. The first-order chi connectivity index (χ1) is 8.67. The second-order valence-electron chi connectivity index (χ2n) is 4.30. The van der Waals surface area contributed by atoms with E-state index in [9.17, 15) is 0 Å². The van der Waals surface area contributed by atoms with Gasteiger partial charge in [-0.2, -0.15) is 0 Å². The zero-order chi connectivity index (χ0) is 13.1. The average Bonchev–Trinajstić information content (AvgIpc) is 2.71. The standard InChI is InChI=1S/C14H18N2O2/c1-4-5-11-13(14(15)18-16-11)10-6-7-12(17-3)9(2)8-10/h6-8H,4-5,15H2,1-3H3. The van der Waals surface area contributed by atoms with Gasteiger partial charge in [-0.25, -0.2) is 0 Å². The molecule has 0 spiro atoms. The van der Waals surface area contributed by atoms with E-state index in [2.05, 4.69) is 12.1 Å². The Labute approximate surface area is 107 Å². The summed E-state index contributed by atoms with van der Waals surface area (Å²) in [6.45, 7) is 4.11. The summed E-state index contributed by atoms with van der Waals surface area (Å²) < 4.78 is 10.4. The maximum atomic E-state index is 5.86. The summed E-state index contributed by atoms with van der Waals surface area (Å²) in [5, 5.41) is 4.02. The predicted molar refractivity (Wildman–Crippen MR) is 71.6 cm³/mol. The number of hydrogen-bond acceptors (Lipinski definition) is 4. The highest BCUT2D eigenvalue weighted by molar-refractivity contribution is 5.76. The molecule has 0 bridgehead atoms. The minimum Gasteiger partial charge on any atom is -0.496 e. The highest BCUT2D eigenvalue weighted by atomic mass is 16.5. The van der Waals surface area contributed by atoms with Crippen LogP contribution in [0.5, 0.6) is 5.75 Å². The molecule has 4 heteroatoms. The van der Waals surface area contributed by atoms with Gasteiger partial charge >= 0.3 is 0 Å². The van der Waals surface area contributed by atoms with E-state index >= 15 is 0 Å². The van der Waals surface area contributed by atoms with Crippen LogP contribution in [0.25, 0.3) is 11.1 Å². The van der Waals surface area contributed by atoms with Crippen LogP contribution in [0.2, 0.25) is 0 Å². The van der Waals surface area contributed by atoms with Gasteiger partial charge in [-0.1, -0.05) is 24.6 Å². The lowest BCUT2D eigenvalue weighted by Gasteiger charge is -2.07. The van der Waals surface area contributed by atoms with Gasteiger partial charge in [0.1, 0.15) is 5.75 Å². The van der Waals surface area contributed by atoms with Crippen LogP contribution in [0, 0.1) is 6.92 Å². The Morgan fingerprint density at radius 3 is 2.78 bits per heavy atom. The van der Waals surface area contributed by atoms with Crippen LogP contribution in [0.4, 0.5) is 5.88 Å². The molecule has 1 heterocycles. The Morgan fingerprint density at radius 1 is 1.39 bits per heavy atom. The Bertz CT molecular complexity index is 547. The molecule has 2 N–H and O–H groups in total. The Morgan fingerprint density at radius 2 is 2.17 bits per heavy atom. The molecule has 2 aromatic rings. The third-order valence-corrected chi connectivity index (χ3v) is 2.96. The lowest BCUT2D eigenvalue weighted by Crippen LogP contribution is -1.93. The van der Waals surface area contributed by atoms with E-state index in [0.717, 1.165) is 41.0 Å². The first-order valence-electron chi connectivity index (χ1n) is 6.06. The quantitative estimate of drug-likeness (QED) is 0.899. The van der Waals surface area contributed by atoms with Gasteiger partial charge in [0.2, 0.25) is 5.88 Å². The van der Waals surface area contributed by atoms with Gasteiger partial charge in [0.15, 0.2) is 0 Å². The molecule has 0 fully saturated rings. The van der Waals surface area contributed by atoms with Crippen molar-refractivity contribution in [3.63, 3.8) is 0 Å². The van der Waals surface area contributed by atoms with Crippen LogP contribution in [0.3, 0.4) is 0 Å². The number of anilines is 1. The van der Waals surface area contributed by atoms with Crippen molar-refractivity contribution in [3.8, 4) is 16.9 Å². The van der Waals surface area contributed by atoms with Crippen molar-refractivity contribution < 1.29 is 9.26 Å². The minimum absolute atomic E-state index is 0.378. The van der Waals surface area contributed by atoms with Crippen molar-refractivity contribution in [3.05, 3.63) is 29.5 Å². The van der Waals surface area contributed by atoms with Gasteiger partial charge in [-0.15, -0.1) is 0 Å². The summed E-state index contributed by atoms with van der Waals surface area (Å²) >= 11 is 0. The van der Waals surface area contributed by atoms with E-state index in [1.807, 2.05) is 25.1 Å². The second kappa shape index (κ2) is 5.12. The Kier molecular flexibility index (Phi) is 3.55. The van der Waals surface area contributed by atoms with Crippen molar-refractivity contribution in [2.24, 2.45) is 0 Å². The third-order valence-electron chi connectivity index (χ3n) is 2.96. The number of benzene rings is 1. The molecule has 0 aliphatic rings. The molecule has 2 rings (SSSR count). The maximum Gasteiger partial charge on any atom is 0.230 e. The van der Waals surface area contributed by atoms with Crippen LogP contribution in [0.15, 0.2) is 22.7 Å². The highest BCUT2D eigenvalue weighted by Crippen LogP contribution is 2.33. The van der Waals surface area contributed by atoms with E-state index < -0.39 is 0 Å². The van der Waals surface area contributed by atoms with E-state index in [0.29, 0.717) is 5.88 Å². The van der Waals surface area contributed by atoms with Crippen molar-refractivity contribution in [1.29, 1.82) is 0 Å². The highest BCUT2D eigenvalue weighted by Gasteiger charge is 2.15. The molecular weight excluding hydrogens is 228 g/mol. The molecular formula is C14H18N2O2. The van der Waals surface area contributed by atoms with Crippen molar-refractivity contribution >= 4 is 5.88 Å². The number of aromatic nitrogens is 1. The largest absolute Gasteiger partial charge is 0.496 e. The summed E-state index contributed by atoms with van der Waals surface area (Å²) in [5.41, 5.74) is 9.78. The number of nitrogens with zero attached hydrogens (tertiary/aromatic N) is 1. The minimum atomic E-state index is 0.378. The van der Waals surface area contributed by atoms with Crippen molar-refractivity contribution in [1.82, 2.24) is 5.16 Å². The first-order valence-corrected chi connectivity index (χ1v) is 6.06. The summed E-state index contributed by atoms with van der Waals surface area (Å²) in [6, 6.07) is 5.96. The zero-order valence-corrected chi connectivity index (χ0v) is 11.0. The molecule has 0 saturated heterocycles. The van der Waals surface area contributed by atoms with E-state index in [-0.39, 0.29) is 0 Å². The molecule has 96 valence electrons. The molecule has 1 aromatic carbocycles. The van der Waals surface area contributed by atoms with Gasteiger partial charge in [0, 0.05) is 0 Å². The number of nitrogens with two attached hydrogens (primary N) is 1. The summed E-state index contributed by atoms with van der Waals surface area (Å²) in [7, 11) is 1.66. The van der Waals surface area contributed by atoms with Crippen LogP contribution >= 0.6 is 0 Å². The molecule has 0 radical (unpaired) electrons. The number of methoxy groups -OCH3 is 1. The number of nitrogen functional groups attached to an aromatic ring is 1. The van der Waals surface area contributed by atoms with Gasteiger partial charge < -0.3 is 15.0 Å². The van der Waals surface area contributed by atoms with Crippen molar-refractivity contribution in [2.75, 3.05) is 12.8 Å². The molecule has 0 unspecified atom stereocenters. The van der Waals surface area contributed by atoms with Gasteiger partial charge in [-0.3, -0.25) is 0 Å². The summed E-state index contributed by atoms with van der Waals surface area (Å²) in [4.78, 5) is 0. The van der Waals surface area contributed by atoms with E-state index in [1.54, 1.807) is 7.11 Å². The zero-order valence-electron chi connectivity index (χ0n) is 11.0. The van der Waals surface area contributed by atoms with Gasteiger partial charge in [0.25, 0.3) is 0 Å². The predicted octanol–water partition coefficient (Wildman–Crippen LogP) is 3.19. The fourth-order valence-electron chi connectivity index (χ4n) is 2.09. The Balaban J connectivity index is 2.48. The fourth-order valence-corrected chi connectivity index (χ4v) is 2.09. The number of aryl methyl sites for hydroxylation is 2. The van der Waals surface area contributed by atoms with E-state index in [1.165, 1.54) is 0 Å². The van der Waals surface area contributed by atoms with Crippen LogP contribution in [0.1, 0.15) is 24.6 Å². The molecule has 4 nitrogen and oxygen atoms in total. The molecule has 1 aromatic heterocycles. The molecule has 0 aliphatic carbocycles. The van der Waals surface area contributed by atoms with Gasteiger partial charge in [0.05, 0.1) is 18.4 Å². The molecule has 0 atom stereocenters. The van der Waals surface area contributed by atoms with Crippen LogP contribution in [-0.2, 0) is 6.42 Å². The van der Waals surface area contributed by atoms with E-state index in [4.69, 9.17) is 15.0 Å². The molecule has 0 saturated carbocycles. The van der Waals surface area contributed by atoms with Crippen molar-refractivity contribution in [2.45, 2.75) is 26.7 Å². The lowest BCUT2D eigenvalue weighted by molar-refractivity contribution is 0.412. The maximum absolute atomic E-state index is 5.86. The fraction of sp³-hybridized carbons (Fsp3) is 0.357. The number of rotatable bonds is 4. The lowest BCUT2D eigenvalue weighted by atomic mass is 10.0. The normalized spacial score (nSPS) is 10.6. The SMILES string of the molecule is CCCc1noc(N)c1-c1ccc(OC)c(C)c1. The van der Waals surface area contributed by atoms with Crippen LogP contribution in [-0.4, -0.2) is 12.3 Å². The number of hydrogen-bond donors (Lipinski definition) is 1. The molecule has 18 heavy (non-hydrogen) atoms. The third kappa shape index (κ3) is 2.18. The van der Waals surface area contributed by atoms with Crippen LogP contribution < -0.4 is 10.5 Å². The first kappa shape index (κ1) is 12.5. The summed E-state index contributed by atoms with van der Waals surface area (Å²) in [5.74, 6) is 1.24.